The lowest BCUT2D eigenvalue weighted by Gasteiger charge is -2.03. The lowest BCUT2D eigenvalue weighted by atomic mass is 10.1. The second-order valence-corrected chi connectivity index (χ2v) is 2.36. The molecule has 0 fully saturated rings. The van der Waals surface area contributed by atoms with E-state index in [1.807, 2.05) is 0 Å². The van der Waals surface area contributed by atoms with Crippen LogP contribution in [-0.2, 0) is 6.42 Å². The Bertz CT molecular complexity index is 263. The van der Waals surface area contributed by atoms with Gasteiger partial charge < -0.3 is 10.2 Å². The Hall–Kier alpha value is -1.16. The van der Waals surface area contributed by atoms with Crippen molar-refractivity contribution < 1.29 is 19.0 Å². The molecule has 0 aromatic heterocycles. The van der Waals surface area contributed by atoms with Crippen LogP contribution in [-0.4, -0.2) is 16.8 Å². The molecule has 1 aromatic carbocycles. The third-order valence-electron chi connectivity index (χ3n) is 1.50. The number of hydrogen-bond acceptors (Lipinski definition) is 2. The second kappa shape index (κ2) is 3.49. The molecule has 0 aliphatic rings. The fourth-order valence-corrected chi connectivity index (χ4v) is 0.949. The smallest absolute Gasteiger partial charge is 0.133 e. The summed E-state index contributed by atoms with van der Waals surface area (Å²) in [6.07, 6.45) is -0.0159. The molecule has 0 aliphatic heterocycles. The van der Waals surface area contributed by atoms with E-state index in [1.54, 1.807) is 0 Å². The summed E-state index contributed by atoms with van der Waals surface area (Å²) in [5, 5.41) is 17.5. The summed E-state index contributed by atoms with van der Waals surface area (Å²) < 4.78 is 25.2. The van der Waals surface area contributed by atoms with Gasteiger partial charge in [0, 0.05) is 30.7 Å². The van der Waals surface area contributed by atoms with Crippen molar-refractivity contribution >= 4 is 0 Å². The van der Waals surface area contributed by atoms with Gasteiger partial charge in [0.25, 0.3) is 0 Å². The predicted octanol–water partition coefficient (Wildman–Crippen LogP) is 1.21. The molecule has 0 unspecified atom stereocenters. The maximum absolute atomic E-state index is 12.8. The van der Waals surface area contributed by atoms with Crippen LogP contribution in [0.4, 0.5) is 8.78 Å². The van der Waals surface area contributed by atoms with Crippen molar-refractivity contribution in [3.05, 3.63) is 29.3 Å². The molecule has 0 bridgehead atoms. The summed E-state index contributed by atoms with van der Waals surface area (Å²) >= 11 is 0. The van der Waals surface area contributed by atoms with Crippen molar-refractivity contribution in [1.82, 2.24) is 0 Å². The van der Waals surface area contributed by atoms with E-state index in [0.29, 0.717) is 6.07 Å². The van der Waals surface area contributed by atoms with Gasteiger partial charge >= 0.3 is 0 Å². The van der Waals surface area contributed by atoms with Crippen molar-refractivity contribution in [3.63, 3.8) is 0 Å². The number of halogens is 2. The van der Waals surface area contributed by atoms with Gasteiger partial charge in [0.1, 0.15) is 17.4 Å². The largest absolute Gasteiger partial charge is 0.507 e. The maximum atomic E-state index is 12.8. The summed E-state index contributed by atoms with van der Waals surface area (Å²) in [7, 11) is 0. The Morgan fingerprint density at radius 1 is 1.25 bits per heavy atom. The van der Waals surface area contributed by atoms with E-state index < -0.39 is 17.4 Å². The van der Waals surface area contributed by atoms with Crippen molar-refractivity contribution in [2.75, 3.05) is 6.61 Å². The first-order valence-corrected chi connectivity index (χ1v) is 3.43. The summed E-state index contributed by atoms with van der Waals surface area (Å²) in [6, 6.07) is 1.48. The molecule has 0 heterocycles. The van der Waals surface area contributed by atoms with Gasteiger partial charge in [-0.1, -0.05) is 0 Å². The van der Waals surface area contributed by atoms with Crippen molar-refractivity contribution in [2.24, 2.45) is 0 Å². The Kier molecular flexibility index (Phi) is 2.60. The molecule has 4 heteroatoms. The highest BCUT2D eigenvalue weighted by molar-refractivity contribution is 5.34. The zero-order valence-corrected chi connectivity index (χ0v) is 6.22. The van der Waals surface area contributed by atoms with E-state index in [-0.39, 0.29) is 18.6 Å². The Morgan fingerprint density at radius 3 is 2.42 bits per heavy atom. The minimum atomic E-state index is -0.832. The minimum Gasteiger partial charge on any atom is -0.507 e. The number of aromatic hydroxyl groups is 1. The fraction of sp³-hybridized carbons (Fsp3) is 0.250. The quantitative estimate of drug-likeness (QED) is 0.707. The molecule has 66 valence electrons. The Balaban J connectivity index is 3.10. The summed E-state index contributed by atoms with van der Waals surface area (Å²) in [5.41, 5.74) is -0.0566. The Labute approximate surface area is 68.1 Å². The van der Waals surface area contributed by atoms with Crippen LogP contribution in [0.1, 0.15) is 5.56 Å². The van der Waals surface area contributed by atoms with Gasteiger partial charge in [0.05, 0.1) is 0 Å². The summed E-state index contributed by atoms with van der Waals surface area (Å²) in [6.45, 7) is -0.282. The molecule has 1 rings (SSSR count). The number of aliphatic hydroxyl groups excluding tert-OH is 1. The van der Waals surface area contributed by atoms with Gasteiger partial charge in [0.2, 0.25) is 0 Å². The third kappa shape index (κ3) is 1.71. The van der Waals surface area contributed by atoms with Crippen molar-refractivity contribution in [1.29, 1.82) is 0 Å². The van der Waals surface area contributed by atoms with E-state index in [2.05, 4.69) is 0 Å². The number of hydrogen-bond donors (Lipinski definition) is 2. The van der Waals surface area contributed by atoms with Crippen LogP contribution in [0.2, 0.25) is 0 Å². The second-order valence-electron chi connectivity index (χ2n) is 2.36. The van der Waals surface area contributed by atoms with Crippen molar-refractivity contribution in [3.8, 4) is 5.75 Å². The molecule has 0 saturated heterocycles. The number of benzene rings is 1. The maximum Gasteiger partial charge on any atom is 0.133 e. The van der Waals surface area contributed by atoms with E-state index in [1.165, 1.54) is 0 Å². The third-order valence-corrected chi connectivity index (χ3v) is 1.50. The SMILES string of the molecule is OCCc1c(O)cc(F)cc1F. The molecule has 0 saturated carbocycles. The zero-order chi connectivity index (χ0) is 9.14. The topological polar surface area (TPSA) is 40.5 Å². The molecule has 2 N–H and O–H groups in total. The highest BCUT2D eigenvalue weighted by Crippen LogP contribution is 2.21. The Morgan fingerprint density at radius 2 is 1.92 bits per heavy atom. The van der Waals surface area contributed by atoms with E-state index in [9.17, 15) is 8.78 Å². The molecular weight excluding hydrogens is 166 g/mol. The monoisotopic (exact) mass is 174 g/mol. The average molecular weight is 174 g/mol. The number of phenols is 1. The summed E-state index contributed by atoms with van der Waals surface area (Å²) in [5.74, 6) is -2.12. The lowest BCUT2D eigenvalue weighted by Crippen LogP contribution is -1.96. The van der Waals surface area contributed by atoms with Gasteiger partial charge in [-0.05, 0) is 0 Å². The molecule has 0 radical (unpaired) electrons. The first-order valence-electron chi connectivity index (χ1n) is 3.43. The molecule has 0 spiro atoms. The highest BCUT2D eigenvalue weighted by Gasteiger charge is 2.09. The van der Waals surface area contributed by atoms with Gasteiger partial charge in [-0.15, -0.1) is 0 Å². The number of rotatable bonds is 2. The predicted molar refractivity (Wildman–Crippen MR) is 38.8 cm³/mol. The van der Waals surface area contributed by atoms with Crippen LogP contribution in [0.5, 0.6) is 5.75 Å². The molecular formula is C8H8F2O2. The van der Waals surface area contributed by atoms with Crippen LogP contribution >= 0.6 is 0 Å². The van der Waals surface area contributed by atoms with Crippen LogP contribution in [0.25, 0.3) is 0 Å². The first-order chi connectivity index (χ1) is 5.65. The van der Waals surface area contributed by atoms with E-state index >= 15 is 0 Å². The van der Waals surface area contributed by atoms with E-state index in [4.69, 9.17) is 10.2 Å². The molecule has 12 heavy (non-hydrogen) atoms. The standard InChI is InChI=1S/C8H8F2O2/c9-5-3-7(10)6(1-2-11)8(12)4-5/h3-4,11-12H,1-2H2. The molecule has 1 aromatic rings. The zero-order valence-electron chi connectivity index (χ0n) is 6.22. The number of phenolic OH excluding ortho intramolecular Hbond substituents is 1. The lowest BCUT2D eigenvalue weighted by molar-refractivity contribution is 0.294. The van der Waals surface area contributed by atoms with Gasteiger partial charge in [0.15, 0.2) is 0 Å². The molecule has 0 atom stereocenters. The molecule has 0 aliphatic carbocycles. The summed E-state index contributed by atoms with van der Waals surface area (Å²) in [4.78, 5) is 0. The van der Waals surface area contributed by atoms with Crippen LogP contribution in [0, 0.1) is 11.6 Å². The van der Waals surface area contributed by atoms with Gasteiger partial charge in [-0.25, -0.2) is 8.78 Å². The van der Waals surface area contributed by atoms with Gasteiger partial charge in [-0.2, -0.15) is 0 Å². The fourth-order valence-electron chi connectivity index (χ4n) is 0.949. The molecule has 2 nitrogen and oxygen atoms in total. The van der Waals surface area contributed by atoms with E-state index in [0.717, 1.165) is 6.07 Å². The highest BCUT2D eigenvalue weighted by atomic mass is 19.1. The van der Waals surface area contributed by atoms with Crippen LogP contribution in [0.15, 0.2) is 12.1 Å². The average Bonchev–Trinajstić information content (AvgIpc) is 1.96. The minimum absolute atomic E-state index is 0.0159. The normalized spacial score (nSPS) is 10.2. The van der Waals surface area contributed by atoms with Gasteiger partial charge in [-0.3, -0.25) is 0 Å². The van der Waals surface area contributed by atoms with Crippen LogP contribution < -0.4 is 0 Å². The first kappa shape index (κ1) is 8.93. The molecule has 0 amide bonds. The number of aliphatic hydroxyl groups is 1. The van der Waals surface area contributed by atoms with Crippen molar-refractivity contribution in [2.45, 2.75) is 6.42 Å². The van der Waals surface area contributed by atoms with Crippen LogP contribution in [0.3, 0.4) is 0 Å².